The van der Waals surface area contributed by atoms with Gasteiger partial charge in [0.25, 0.3) is 0 Å². The van der Waals surface area contributed by atoms with Gasteiger partial charge in [0.2, 0.25) is 0 Å². The Hall–Kier alpha value is -1.38. The molecule has 0 saturated heterocycles. The van der Waals surface area contributed by atoms with Crippen LogP contribution >= 0.6 is 11.6 Å². The summed E-state index contributed by atoms with van der Waals surface area (Å²) in [7, 11) is 0. The molecule has 0 heterocycles. The Morgan fingerprint density at radius 3 is 1.82 bits per heavy atom. The van der Waals surface area contributed by atoms with Crippen LogP contribution in [0.2, 0.25) is 5.02 Å². The molecule has 0 fully saturated rings. The highest BCUT2D eigenvalue weighted by molar-refractivity contribution is 6.30. The van der Waals surface area contributed by atoms with Crippen LogP contribution in [-0.4, -0.2) is 77.4 Å². The van der Waals surface area contributed by atoms with Gasteiger partial charge >= 0.3 is 5.97 Å². The predicted molar refractivity (Wildman–Crippen MR) is 82.3 cm³/mol. The van der Waals surface area contributed by atoms with E-state index in [1.165, 1.54) is 0 Å². The minimum absolute atomic E-state index is 0.0694. The Balaban J connectivity index is 0.000000409. The molecule has 0 radical (unpaired) electrons. The zero-order valence-corrected chi connectivity index (χ0v) is 12.9. The number of carboxylic acid groups (broad SMARTS) is 1. The lowest BCUT2D eigenvalue weighted by Crippen LogP contribution is -2.32. The van der Waals surface area contributed by atoms with Gasteiger partial charge in [0.05, 0.1) is 19.8 Å². The Bertz CT molecular complexity index is 387. The van der Waals surface area contributed by atoms with Crippen LogP contribution in [0.25, 0.3) is 0 Å². The second-order valence-electron chi connectivity index (χ2n) is 4.15. The molecule has 0 amide bonds. The standard InChI is InChI=1S/C8H7ClO3.C6H15NO3/c9-6-1-3-7(4-2-6)12-5-8(10)11;8-4-1-7(2-5-9)3-6-10/h1-4H,5H2,(H,10,11);8-10H,1-6H2. The summed E-state index contributed by atoms with van der Waals surface area (Å²) in [5.74, 6) is -0.494. The van der Waals surface area contributed by atoms with Crippen LogP contribution in [0, 0.1) is 0 Å². The molecule has 7 nitrogen and oxygen atoms in total. The van der Waals surface area contributed by atoms with Crippen molar-refractivity contribution in [3.05, 3.63) is 29.3 Å². The van der Waals surface area contributed by atoms with Crippen molar-refractivity contribution < 1.29 is 30.0 Å². The number of carbonyl (C=O) groups is 1. The van der Waals surface area contributed by atoms with E-state index in [-0.39, 0.29) is 26.4 Å². The van der Waals surface area contributed by atoms with Crippen LogP contribution in [0.5, 0.6) is 5.75 Å². The molecule has 0 aromatic heterocycles. The number of hydrogen-bond acceptors (Lipinski definition) is 6. The second-order valence-corrected chi connectivity index (χ2v) is 4.59. The number of benzene rings is 1. The Labute approximate surface area is 134 Å². The summed E-state index contributed by atoms with van der Waals surface area (Å²) in [6.45, 7) is 1.42. The van der Waals surface area contributed by atoms with Crippen molar-refractivity contribution in [1.29, 1.82) is 0 Å². The molecule has 1 aromatic rings. The minimum Gasteiger partial charge on any atom is -0.482 e. The summed E-state index contributed by atoms with van der Waals surface area (Å²) in [5.41, 5.74) is 0. The maximum absolute atomic E-state index is 10.1. The van der Waals surface area contributed by atoms with Gasteiger partial charge in [-0.25, -0.2) is 4.79 Å². The average molecular weight is 336 g/mol. The molecule has 22 heavy (non-hydrogen) atoms. The minimum atomic E-state index is -0.995. The molecule has 126 valence electrons. The Kier molecular flexibility index (Phi) is 12.5. The molecule has 8 heteroatoms. The summed E-state index contributed by atoms with van der Waals surface area (Å²) in [6.07, 6.45) is 0. The van der Waals surface area contributed by atoms with Crippen molar-refractivity contribution in [3.8, 4) is 5.75 Å². The van der Waals surface area contributed by atoms with Gasteiger partial charge in [-0.15, -0.1) is 0 Å². The first-order valence-corrected chi connectivity index (χ1v) is 7.06. The molecular weight excluding hydrogens is 314 g/mol. The summed E-state index contributed by atoms with van der Waals surface area (Å²) < 4.78 is 4.86. The van der Waals surface area contributed by atoms with E-state index in [9.17, 15) is 4.79 Å². The van der Waals surface area contributed by atoms with E-state index >= 15 is 0 Å². The average Bonchev–Trinajstić information content (AvgIpc) is 2.48. The summed E-state index contributed by atoms with van der Waals surface area (Å²) in [6, 6.07) is 6.51. The number of aliphatic hydroxyl groups excluding tert-OH is 3. The lowest BCUT2D eigenvalue weighted by Gasteiger charge is -2.17. The molecule has 1 rings (SSSR count). The van der Waals surface area contributed by atoms with Gasteiger partial charge in [-0.3, -0.25) is 4.90 Å². The van der Waals surface area contributed by atoms with E-state index < -0.39 is 5.97 Å². The fraction of sp³-hybridized carbons (Fsp3) is 0.500. The number of hydrogen-bond donors (Lipinski definition) is 4. The SMILES string of the molecule is O=C(O)COc1ccc(Cl)cc1.OCCN(CCO)CCO. The third-order valence-electron chi connectivity index (χ3n) is 2.42. The van der Waals surface area contributed by atoms with Gasteiger partial charge in [0.15, 0.2) is 6.61 Å². The first-order chi connectivity index (χ1) is 10.5. The van der Waals surface area contributed by atoms with E-state index in [0.717, 1.165) is 0 Å². The van der Waals surface area contributed by atoms with E-state index in [1.807, 2.05) is 0 Å². The number of carboxylic acids is 1. The van der Waals surface area contributed by atoms with Crippen LogP contribution < -0.4 is 4.74 Å². The van der Waals surface area contributed by atoms with Gasteiger partial charge in [-0.2, -0.15) is 0 Å². The topological polar surface area (TPSA) is 110 Å². The smallest absolute Gasteiger partial charge is 0.341 e. The highest BCUT2D eigenvalue weighted by atomic mass is 35.5. The van der Waals surface area contributed by atoms with Gasteiger partial charge in [0.1, 0.15) is 5.75 Å². The van der Waals surface area contributed by atoms with E-state index in [1.54, 1.807) is 29.2 Å². The molecule has 0 spiro atoms. The number of nitrogens with zero attached hydrogens (tertiary/aromatic N) is 1. The third kappa shape index (κ3) is 11.3. The first kappa shape index (κ1) is 20.6. The highest BCUT2D eigenvalue weighted by Gasteiger charge is 2.00. The molecule has 0 saturated carbocycles. The van der Waals surface area contributed by atoms with Crippen LogP contribution in [-0.2, 0) is 4.79 Å². The maximum atomic E-state index is 10.1. The van der Waals surface area contributed by atoms with Gasteiger partial charge in [0, 0.05) is 24.7 Å². The molecule has 1 aromatic carbocycles. The number of aliphatic hydroxyl groups is 3. The van der Waals surface area contributed by atoms with Crippen LogP contribution in [0.15, 0.2) is 24.3 Å². The number of halogens is 1. The van der Waals surface area contributed by atoms with Crippen LogP contribution in [0.3, 0.4) is 0 Å². The summed E-state index contributed by atoms with van der Waals surface area (Å²) in [4.78, 5) is 11.9. The molecule has 0 bridgehead atoms. The maximum Gasteiger partial charge on any atom is 0.341 e. The van der Waals surface area contributed by atoms with Crippen LogP contribution in [0.4, 0.5) is 0 Å². The van der Waals surface area contributed by atoms with Crippen molar-refractivity contribution in [2.75, 3.05) is 46.1 Å². The van der Waals surface area contributed by atoms with Crippen molar-refractivity contribution in [2.24, 2.45) is 0 Å². The molecular formula is C14H22ClNO6. The van der Waals surface area contributed by atoms with Gasteiger partial charge in [-0.05, 0) is 24.3 Å². The lowest BCUT2D eigenvalue weighted by atomic mass is 10.3. The Morgan fingerprint density at radius 1 is 1.00 bits per heavy atom. The normalized spacial score (nSPS) is 10.0. The van der Waals surface area contributed by atoms with E-state index in [4.69, 9.17) is 36.8 Å². The molecule has 4 N–H and O–H groups in total. The van der Waals surface area contributed by atoms with Crippen molar-refractivity contribution in [3.63, 3.8) is 0 Å². The largest absolute Gasteiger partial charge is 0.482 e. The number of rotatable bonds is 9. The monoisotopic (exact) mass is 335 g/mol. The van der Waals surface area contributed by atoms with Crippen molar-refractivity contribution >= 4 is 17.6 Å². The van der Waals surface area contributed by atoms with E-state index in [0.29, 0.717) is 30.4 Å². The fourth-order valence-corrected chi connectivity index (χ4v) is 1.56. The van der Waals surface area contributed by atoms with Gasteiger partial charge < -0.3 is 25.2 Å². The zero-order valence-electron chi connectivity index (χ0n) is 12.2. The molecule has 0 unspecified atom stereocenters. The van der Waals surface area contributed by atoms with E-state index in [2.05, 4.69) is 0 Å². The first-order valence-electron chi connectivity index (χ1n) is 6.68. The molecule has 0 aliphatic carbocycles. The predicted octanol–water partition coefficient (Wildman–Crippen LogP) is 0.0687. The van der Waals surface area contributed by atoms with Crippen molar-refractivity contribution in [2.45, 2.75) is 0 Å². The summed E-state index contributed by atoms with van der Waals surface area (Å²) in [5, 5.41) is 34.3. The Morgan fingerprint density at radius 2 is 1.45 bits per heavy atom. The third-order valence-corrected chi connectivity index (χ3v) is 2.68. The van der Waals surface area contributed by atoms with Gasteiger partial charge in [-0.1, -0.05) is 11.6 Å². The van der Waals surface area contributed by atoms with Crippen LogP contribution in [0.1, 0.15) is 0 Å². The van der Waals surface area contributed by atoms with Crippen molar-refractivity contribution in [1.82, 2.24) is 4.90 Å². The highest BCUT2D eigenvalue weighted by Crippen LogP contribution is 2.15. The molecule has 0 atom stereocenters. The molecule has 0 aliphatic rings. The molecule has 0 aliphatic heterocycles. The lowest BCUT2D eigenvalue weighted by molar-refractivity contribution is -0.139. The number of ether oxygens (including phenoxy) is 1. The fourth-order valence-electron chi connectivity index (χ4n) is 1.44. The summed E-state index contributed by atoms with van der Waals surface area (Å²) >= 11 is 5.60. The zero-order chi connectivity index (χ0) is 16.8. The quantitative estimate of drug-likeness (QED) is 0.505. The second kappa shape index (κ2) is 13.3. The number of aliphatic carboxylic acids is 1.